The molecule has 0 saturated carbocycles. The first-order valence-electron chi connectivity index (χ1n) is 1.75. The Morgan fingerprint density at radius 3 is 2.71 bits per heavy atom. The third kappa shape index (κ3) is 0.866. The molecule has 1 saturated heterocycles. The Kier molecular flexibility index (Phi) is 0.941. The largest absolute Gasteiger partial charge is 0.461 e. The van der Waals surface area contributed by atoms with Gasteiger partial charge < -0.3 is 4.74 Å². The predicted molar refractivity (Wildman–Crippen MR) is 26.7 cm³/mol. The molecule has 1 aliphatic heterocycles. The first-order valence-corrected chi connectivity index (χ1v) is 2.16. The minimum Gasteiger partial charge on any atom is -0.461 e. The zero-order valence-electron chi connectivity index (χ0n) is 3.43. The second-order valence-electron chi connectivity index (χ2n) is 1.12. The minimum absolute atomic E-state index is 0.0822. The topological polar surface area (TPSA) is 38.3 Å². The van der Waals surface area contributed by atoms with E-state index in [4.69, 9.17) is 0 Å². The van der Waals surface area contributed by atoms with Crippen LogP contribution in [0.4, 0.5) is 0 Å². The minimum atomic E-state index is -0.162. The van der Waals surface area contributed by atoms with Crippen LogP contribution >= 0.6 is 12.2 Å². The fourth-order valence-corrected chi connectivity index (χ4v) is 0.490. The molecule has 0 aromatic rings. The summed E-state index contributed by atoms with van der Waals surface area (Å²) in [4.78, 5) is 10.1. The van der Waals surface area contributed by atoms with Gasteiger partial charge in [-0.15, -0.1) is 0 Å². The first kappa shape index (κ1) is 4.52. The number of nitrogens with one attached hydrogen (secondary N) is 1. The Bertz CT molecular complexity index is 108. The molecule has 38 valence electrons. The Hall–Kier alpha value is -0.640. The fraction of sp³-hybridized carbons (Fsp3) is 0.333. The number of rotatable bonds is 0. The van der Waals surface area contributed by atoms with E-state index in [1.165, 1.54) is 0 Å². The van der Waals surface area contributed by atoms with Gasteiger partial charge in [0.25, 0.3) is 11.1 Å². The molecule has 0 aliphatic carbocycles. The summed E-state index contributed by atoms with van der Waals surface area (Å²) in [6.45, 7) is 0.0822. The van der Waals surface area contributed by atoms with Crippen molar-refractivity contribution in [2.45, 2.75) is 0 Å². The van der Waals surface area contributed by atoms with Crippen molar-refractivity contribution in [3.8, 4) is 0 Å². The summed E-state index contributed by atoms with van der Waals surface area (Å²) in [6.07, 6.45) is 0. The van der Waals surface area contributed by atoms with E-state index in [1.54, 1.807) is 0 Å². The fourth-order valence-electron chi connectivity index (χ4n) is 0.317. The smallest absolute Gasteiger partial charge is 0.265 e. The average Bonchev–Trinajstić information content (AvgIpc) is 1.87. The van der Waals surface area contributed by atoms with E-state index >= 15 is 0 Å². The number of hydrogen-bond donors (Lipinski definition) is 1. The lowest BCUT2D eigenvalue weighted by Gasteiger charge is -1.83. The molecule has 3 nitrogen and oxygen atoms in total. The Morgan fingerprint density at radius 2 is 2.57 bits per heavy atom. The summed E-state index contributed by atoms with van der Waals surface area (Å²) in [7, 11) is 0. The highest BCUT2D eigenvalue weighted by atomic mass is 32.1. The highest BCUT2D eigenvalue weighted by molar-refractivity contribution is 7.80. The second kappa shape index (κ2) is 1.46. The number of thiocarbonyl (C=S) groups is 1. The van der Waals surface area contributed by atoms with Crippen LogP contribution in [0.15, 0.2) is 0 Å². The van der Waals surface area contributed by atoms with Gasteiger partial charge in [0, 0.05) is 0 Å². The molecule has 1 amide bonds. The van der Waals surface area contributed by atoms with Crippen molar-refractivity contribution in [1.82, 2.24) is 5.32 Å². The van der Waals surface area contributed by atoms with Gasteiger partial charge in [-0.2, -0.15) is 0 Å². The van der Waals surface area contributed by atoms with Crippen LogP contribution in [-0.4, -0.2) is 17.7 Å². The predicted octanol–water partition coefficient (Wildman–Crippen LogP) is -0.582. The first-order chi connectivity index (χ1) is 3.29. The van der Waals surface area contributed by atoms with Crippen LogP contribution in [-0.2, 0) is 9.53 Å². The van der Waals surface area contributed by atoms with E-state index in [1.807, 2.05) is 0 Å². The summed E-state index contributed by atoms with van der Waals surface area (Å²) in [5, 5.41) is 2.47. The monoisotopic (exact) mass is 117 g/mol. The van der Waals surface area contributed by atoms with Gasteiger partial charge in [0.05, 0.1) is 0 Å². The maximum absolute atomic E-state index is 10.1. The highest BCUT2D eigenvalue weighted by Crippen LogP contribution is 1.86. The molecule has 1 N–H and O–H groups in total. The van der Waals surface area contributed by atoms with E-state index in [0.717, 1.165) is 0 Å². The lowest BCUT2D eigenvalue weighted by molar-refractivity contribution is -0.119. The summed E-state index contributed by atoms with van der Waals surface area (Å²) in [5.41, 5.74) is 0. The van der Waals surface area contributed by atoms with Gasteiger partial charge in [-0.05, 0) is 12.2 Å². The third-order valence-corrected chi connectivity index (χ3v) is 0.796. The van der Waals surface area contributed by atoms with E-state index in [0.29, 0.717) is 0 Å². The molecule has 0 aromatic carbocycles. The third-order valence-electron chi connectivity index (χ3n) is 0.576. The molecule has 0 spiro atoms. The Balaban J connectivity index is 2.55. The van der Waals surface area contributed by atoms with Gasteiger partial charge in [0.1, 0.15) is 0 Å². The second-order valence-corrected chi connectivity index (χ2v) is 1.50. The Labute approximate surface area is 45.6 Å². The van der Waals surface area contributed by atoms with Crippen LogP contribution in [0.3, 0.4) is 0 Å². The zero-order valence-corrected chi connectivity index (χ0v) is 4.25. The van der Waals surface area contributed by atoms with E-state index in [2.05, 4.69) is 22.3 Å². The molecular formula is C3H3NO2S. The summed E-state index contributed by atoms with van der Waals surface area (Å²) < 4.78 is 4.54. The van der Waals surface area contributed by atoms with Crippen LogP contribution < -0.4 is 5.32 Å². The number of carbonyl (C=O) groups is 1. The molecule has 7 heavy (non-hydrogen) atoms. The molecule has 0 bridgehead atoms. The van der Waals surface area contributed by atoms with Gasteiger partial charge in [-0.1, -0.05) is 0 Å². The Morgan fingerprint density at radius 1 is 1.86 bits per heavy atom. The molecule has 0 unspecified atom stereocenters. The molecule has 0 radical (unpaired) electrons. The van der Waals surface area contributed by atoms with Gasteiger partial charge in [-0.25, -0.2) is 0 Å². The SMILES string of the molecule is O=C1COC(=S)N1. The standard InChI is InChI=1S/C3H3NO2S/c5-2-1-6-3(7)4-2/h1H2,(H,4,5,7). The average molecular weight is 117 g/mol. The normalized spacial score (nSPS) is 18.9. The summed E-state index contributed by atoms with van der Waals surface area (Å²) in [6, 6.07) is 0. The van der Waals surface area contributed by atoms with E-state index in [-0.39, 0.29) is 17.7 Å². The van der Waals surface area contributed by atoms with Crippen LogP contribution in [0.5, 0.6) is 0 Å². The summed E-state index contributed by atoms with van der Waals surface area (Å²) >= 11 is 4.44. The quantitative estimate of drug-likeness (QED) is 0.431. The molecule has 1 aliphatic rings. The van der Waals surface area contributed by atoms with Gasteiger partial charge in [0.2, 0.25) is 0 Å². The number of hydrogen-bond acceptors (Lipinski definition) is 3. The number of ether oxygens (including phenoxy) is 1. The number of carbonyl (C=O) groups excluding carboxylic acids is 1. The van der Waals surface area contributed by atoms with Crippen molar-refractivity contribution in [1.29, 1.82) is 0 Å². The van der Waals surface area contributed by atoms with Crippen molar-refractivity contribution in [2.24, 2.45) is 0 Å². The van der Waals surface area contributed by atoms with Gasteiger partial charge >= 0.3 is 0 Å². The summed E-state index contributed by atoms with van der Waals surface area (Å²) in [5.74, 6) is -0.162. The van der Waals surface area contributed by atoms with Crippen molar-refractivity contribution in [3.05, 3.63) is 0 Å². The van der Waals surface area contributed by atoms with E-state index < -0.39 is 0 Å². The van der Waals surface area contributed by atoms with Crippen LogP contribution in [0.25, 0.3) is 0 Å². The van der Waals surface area contributed by atoms with E-state index in [9.17, 15) is 4.79 Å². The van der Waals surface area contributed by atoms with Gasteiger partial charge in [-0.3, -0.25) is 10.1 Å². The van der Waals surface area contributed by atoms with Crippen LogP contribution in [0.2, 0.25) is 0 Å². The lowest BCUT2D eigenvalue weighted by atomic mass is 10.7. The van der Waals surface area contributed by atoms with Gasteiger partial charge in [0.15, 0.2) is 6.61 Å². The molecular weight excluding hydrogens is 114 g/mol. The molecule has 1 rings (SSSR count). The van der Waals surface area contributed by atoms with Crippen LogP contribution in [0.1, 0.15) is 0 Å². The zero-order chi connectivity index (χ0) is 5.28. The van der Waals surface area contributed by atoms with Crippen molar-refractivity contribution >= 4 is 23.3 Å². The van der Waals surface area contributed by atoms with Crippen molar-refractivity contribution in [3.63, 3.8) is 0 Å². The molecule has 1 fully saturated rings. The molecule has 4 heteroatoms. The molecule has 0 atom stereocenters. The lowest BCUT2D eigenvalue weighted by Crippen LogP contribution is -2.18. The number of amides is 1. The highest BCUT2D eigenvalue weighted by Gasteiger charge is 2.13. The maximum Gasteiger partial charge on any atom is 0.265 e. The maximum atomic E-state index is 10.1. The van der Waals surface area contributed by atoms with Crippen LogP contribution in [0, 0.1) is 0 Å². The molecule has 1 heterocycles. The van der Waals surface area contributed by atoms with Crippen molar-refractivity contribution in [2.75, 3.05) is 6.61 Å². The van der Waals surface area contributed by atoms with Crippen molar-refractivity contribution < 1.29 is 9.53 Å². The molecule has 0 aromatic heterocycles.